The van der Waals surface area contributed by atoms with Crippen LogP contribution in [0.15, 0.2) is 42.5 Å². The van der Waals surface area contributed by atoms with Crippen LogP contribution < -0.4 is 19.1 Å². The Labute approximate surface area is 163 Å². The summed E-state index contributed by atoms with van der Waals surface area (Å²) in [7, 11) is 1.65. The van der Waals surface area contributed by atoms with Gasteiger partial charge < -0.3 is 24.1 Å². The average Bonchev–Trinajstić information content (AvgIpc) is 3.08. The van der Waals surface area contributed by atoms with Crippen LogP contribution in [-0.4, -0.2) is 62.1 Å². The van der Waals surface area contributed by atoms with Crippen LogP contribution >= 0.6 is 0 Å². The van der Waals surface area contributed by atoms with Gasteiger partial charge in [0.15, 0.2) is 18.0 Å². The maximum absolute atomic E-state index is 11.8. The fourth-order valence-electron chi connectivity index (χ4n) is 4.09. The first-order valence-corrected chi connectivity index (χ1v) is 9.44. The summed E-state index contributed by atoms with van der Waals surface area (Å²) >= 11 is 0. The highest BCUT2D eigenvalue weighted by Gasteiger charge is 2.53. The molecule has 1 unspecified atom stereocenters. The van der Waals surface area contributed by atoms with Gasteiger partial charge in [-0.2, -0.15) is 0 Å². The number of ether oxygens (including phenoxy) is 4. The van der Waals surface area contributed by atoms with Crippen LogP contribution in [0.5, 0.6) is 17.2 Å². The van der Waals surface area contributed by atoms with Gasteiger partial charge in [-0.05, 0) is 42.5 Å². The summed E-state index contributed by atoms with van der Waals surface area (Å²) in [5.74, 6) is 3.14. The largest absolute Gasteiger partial charge is 0.497 e. The third kappa shape index (κ3) is 2.70. The molecule has 146 valence electrons. The number of hydrogen-bond acceptors (Lipinski definition) is 6. The van der Waals surface area contributed by atoms with E-state index < -0.39 is 5.72 Å². The van der Waals surface area contributed by atoms with E-state index in [-0.39, 0.29) is 0 Å². The fourth-order valence-corrected chi connectivity index (χ4v) is 4.09. The van der Waals surface area contributed by atoms with Crippen LogP contribution in [0.3, 0.4) is 0 Å². The Morgan fingerprint density at radius 1 is 1.04 bits per heavy atom. The Morgan fingerprint density at radius 2 is 1.82 bits per heavy atom. The van der Waals surface area contributed by atoms with Crippen molar-refractivity contribution in [3.05, 3.63) is 48.0 Å². The maximum atomic E-state index is 11.8. The Morgan fingerprint density at radius 3 is 2.61 bits per heavy atom. The molecular weight excluding hydrogens is 360 g/mol. The molecule has 0 saturated carbocycles. The predicted octanol–water partition coefficient (Wildman–Crippen LogP) is 1.57. The fraction of sp³-hybridized carbons (Fsp3) is 0.381. The summed E-state index contributed by atoms with van der Waals surface area (Å²) in [6.07, 6.45) is 0. The number of amidine groups is 1. The number of methoxy groups -OCH3 is 1. The molecule has 7 heteroatoms. The zero-order valence-electron chi connectivity index (χ0n) is 15.8. The van der Waals surface area contributed by atoms with Crippen molar-refractivity contribution in [3.8, 4) is 17.2 Å². The second-order valence-corrected chi connectivity index (χ2v) is 7.08. The third-order valence-electron chi connectivity index (χ3n) is 5.53. The number of benzene rings is 2. The van der Waals surface area contributed by atoms with Gasteiger partial charge in [-0.15, -0.1) is 0 Å². The van der Waals surface area contributed by atoms with E-state index in [0.717, 1.165) is 28.6 Å². The number of rotatable bonds is 3. The van der Waals surface area contributed by atoms with Crippen molar-refractivity contribution in [1.82, 2.24) is 0 Å². The lowest BCUT2D eigenvalue weighted by Crippen LogP contribution is -2.43. The lowest BCUT2D eigenvalue weighted by atomic mass is 10.0. The molecule has 0 radical (unpaired) electrons. The molecule has 3 aliphatic rings. The minimum Gasteiger partial charge on any atom is -0.497 e. The Balaban J connectivity index is 1.55. The molecule has 0 saturated heterocycles. The molecule has 0 bridgehead atoms. The van der Waals surface area contributed by atoms with Gasteiger partial charge in [-0.3, -0.25) is 0 Å². The van der Waals surface area contributed by atoms with Crippen LogP contribution in [0.1, 0.15) is 5.56 Å². The molecule has 1 atom stereocenters. The van der Waals surface area contributed by atoms with E-state index in [4.69, 9.17) is 18.9 Å². The molecular formula is C21H23N2O5+. The Kier molecular flexibility index (Phi) is 4.14. The zero-order chi connectivity index (χ0) is 19.1. The smallest absolute Gasteiger partial charge is 0.281 e. The van der Waals surface area contributed by atoms with Gasteiger partial charge in [-0.25, -0.2) is 9.48 Å². The van der Waals surface area contributed by atoms with Crippen LogP contribution in [0.4, 0.5) is 5.69 Å². The summed E-state index contributed by atoms with van der Waals surface area (Å²) in [6.45, 7) is 3.11. The molecule has 3 aliphatic heterocycles. The van der Waals surface area contributed by atoms with Crippen molar-refractivity contribution in [1.29, 1.82) is 0 Å². The molecule has 0 spiro atoms. The van der Waals surface area contributed by atoms with Crippen molar-refractivity contribution in [3.63, 3.8) is 0 Å². The molecule has 0 amide bonds. The molecule has 5 rings (SSSR count). The average molecular weight is 383 g/mol. The van der Waals surface area contributed by atoms with Crippen LogP contribution in [0, 0.1) is 0 Å². The zero-order valence-corrected chi connectivity index (χ0v) is 15.8. The van der Waals surface area contributed by atoms with E-state index in [1.807, 2.05) is 47.0 Å². The number of anilines is 1. The van der Waals surface area contributed by atoms with E-state index in [1.54, 1.807) is 7.11 Å². The molecule has 0 fully saturated rings. The number of nitrogens with zero attached hydrogens (tertiary/aromatic N) is 2. The van der Waals surface area contributed by atoms with Gasteiger partial charge in [0.25, 0.3) is 11.6 Å². The Hall–Kier alpha value is -2.77. The van der Waals surface area contributed by atoms with Crippen molar-refractivity contribution >= 4 is 11.5 Å². The van der Waals surface area contributed by atoms with E-state index >= 15 is 0 Å². The molecule has 28 heavy (non-hydrogen) atoms. The van der Waals surface area contributed by atoms with E-state index in [2.05, 4.69) is 4.90 Å². The predicted molar refractivity (Wildman–Crippen MR) is 103 cm³/mol. The second kappa shape index (κ2) is 6.68. The van der Waals surface area contributed by atoms with Crippen molar-refractivity contribution in [2.24, 2.45) is 0 Å². The van der Waals surface area contributed by atoms with Gasteiger partial charge in [0.2, 0.25) is 0 Å². The lowest BCUT2D eigenvalue weighted by molar-refractivity contribution is -0.663. The lowest BCUT2D eigenvalue weighted by Gasteiger charge is -2.26. The van der Waals surface area contributed by atoms with Crippen molar-refractivity contribution < 1.29 is 28.6 Å². The molecule has 1 N–H and O–H groups in total. The number of β-amino-alcohol motifs (C(OH)–C–C–N with tert-alkyl or cyclic N) is 1. The van der Waals surface area contributed by atoms with Crippen molar-refractivity contribution in [2.75, 3.05) is 51.5 Å². The van der Waals surface area contributed by atoms with E-state index in [0.29, 0.717) is 45.3 Å². The Bertz CT molecular complexity index is 927. The highest BCUT2D eigenvalue weighted by Crippen LogP contribution is 2.38. The van der Waals surface area contributed by atoms with Gasteiger partial charge in [0.05, 0.1) is 13.7 Å². The number of fused-ring (bicyclic) bond motifs is 1. The summed E-state index contributed by atoms with van der Waals surface area (Å²) < 4.78 is 24.4. The molecule has 0 aliphatic carbocycles. The van der Waals surface area contributed by atoms with Gasteiger partial charge in [0.1, 0.15) is 37.8 Å². The third-order valence-corrected chi connectivity index (χ3v) is 5.53. The topological polar surface area (TPSA) is 63.4 Å². The van der Waals surface area contributed by atoms with Crippen LogP contribution in [0.25, 0.3) is 0 Å². The van der Waals surface area contributed by atoms with Gasteiger partial charge in [-0.1, -0.05) is 0 Å². The first-order valence-electron chi connectivity index (χ1n) is 9.44. The molecule has 2 aromatic rings. The molecule has 2 aromatic carbocycles. The monoisotopic (exact) mass is 383 g/mol. The standard InChI is InChI=1S/C21H23N2O5/c1-25-17-5-3-16(4-6-17)22-14-21(24,23-8-9-26-13-20(22)23)15-2-7-18-19(12-15)28-11-10-27-18/h2-7,12,24H,8-11,13-14H2,1H3/q+1. The van der Waals surface area contributed by atoms with Crippen LogP contribution in [0.2, 0.25) is 0 Å². The van der Waals surface area contributed by atoms with E-state index in [1.165, 1.54) is 0 Å². The quantitative estimate of drug-likeness (QED) is 0.812. The number of hydrogen-bond donors (Lipinski definition) is 1. The SMILES string of the molecule is COc1ccc(N2CC(O)(c3ccc4c(c3)OCCO4)[N+]3=C2COCC3)cc1. The van der Waals surface area contributed by atoms with Gasteiger partial charge >= 0.3 is 0 Å². The second-order valence-electron chi connectivity index (χ2n) is 7.08. The van der Waals surface area contributed by atoms with E-state index in [9.17, 15) is 5.11 Å². The molecule has 3 heterocycles. The summed E-state index contributed by atoms with van der Waals surface area (Å²) in [5, 5.41) is 11.8. The highest BCUT2D eigenvalue weighted by atomic mass is 16.6. The normalized spacial score (nSPS) is 23.6. The minimum absolute atomic E-state index is 0.400. The summed E-state index contributed by atoms with van der Waals surface area (Å²) in [6, 6.07) is 13.5. The summed E-state index contributed by atoms with van der Waals surface area (Å²) in [4.78, 5) is 2.11. The first-order chi connectivity index (χ1) is 13.7. The maximum Gasteiger partial charge on any atom is 0.281 e. The van der Waals surface area contributed by atoms with Crippen LogP contribution in [-0.2, 0) is 10.5 Å². The summed E-state index contributed by atoms with van der Waals surface area (Å²) in [5.41, 5.74) is 0.599. The van der Waals surface area contributed by atoms with Crippen molar-refractivity contribution in [2.45, 2.75) is 5.72 Å². The molecule has 7 nitrogen and oxygen atoms in total. The molecule has 0 aromatic heterocycles. The first kappa shape index (κ1) is 17.3. The van der Waals surface area contributed by atoms with Gasteiger partial charge in [0, 0.05) is 5.56 Å². The minimum atomic E-state index is -1.17. The number of aliphatic hydroxyl groups is 1. The highest BCUT2D eigenvalue weighted by molar-refractivity contribution is 5.97.